The number of hydrogen-bond donors (Lipinski definition) is 2. The van der Waals surface area contributed by atoms with Gasteiger partial charge in [-0.25, -0.2) is 0 Å². The summed E-state index contributed by atoms with van der Waals surface area (Å²) in [7, 11) is 1.94. The molecular formula is C8H14N2S. The van der Waals surface area contributed by atoms with Crippen molar-refractivity contribution >= 4 is 11.3 Å². The van der Waals surface area contributed by atoms with Gasteiger partial charge in [-0.3, -0.25) is 0 Å². The summed E-state index contributed by atoms with van der Waals surface area (Å²) in [5.74, 6) is 0. The third-order valence-electron chi connectivity index (χ3n) is 1.43. The summed E-state index contributed by atoms with van der Waals surface area (Å²) in [6.45, 7) is 1.95. The largest absolute Gasteiger partial charge is 0.308 e. The number of rotatable bonds is 5. The summed E-state index contributed by atoms with van der Waals surface area (Å²) in [6.07, 6.45) is 1.14. The maximum atomic E-state index is 3.27. The fourth-order valence-electron chi connectivity index (χ4n) is 0.880. The minimum absolute atomic E-state index is 0.894. The minimum Gasteiger partial charge on any atom is -0.308 e. The van der Waals surface area contributed by atoms with E-state index in [9.17, 15) is 0 Å². The zero-order valence-electron chi connectivity index (χ0n) is 6.76. The van der Waals surface area contributed by atoms with Crippen LogP contribution in [0, 0.1) is 0 Å². The van der Waals surface area contributed by atoms with E-state index in [4.69, 9.17) is 0 Å². The van der Waals surface area contributed by atoms with Crippen molar-refractivity contribution in [1.29, 1.82) is 0 Å². The Bertz CT molecular complexity index is 172. The second-order valence-electron chi connectivity index (χ2n) is 2.36. The molecule has 0 bridgehead atoms. The highest BCUT2D eigenvalue weighted by atomic mass is 32.1. The average molecular weight is 170 g/mol. The van der Waals surface area contributed by atoms with Crippen LogP contribution in [0.4, 0.5) is 0 Å². The Morgan fingerprint density at radius 3 is 3.09 bits per heavy atom. The Balaban J connectivity index is 2.04. The Morgan fingerprint density at radius 1 is 1.55 bits per heavy atom. The smallest absolute Gasteiger partial charge is 0.0451 e. The zero-order valence-corrected chi connectivity index (χ0v) is 7.58. The van der Waals surface area contributed by atoms with Crippen LogP contribution in [-0.4, -0.2) is 20.3 Å². The molecule has 1 heterocycles. The van der Waals surface area contributed by atoms with Crippen LogP contribution in [0.1, 0.15) is 4.88 Å². The zero-order chi connectivity index (χ0) is 7.94. The molecule has 0 aliphatic carbocycles. The van der Waals surface area contributed by atoms with Gasteiger partial charge in [-0.2, -0.15) is 0 Å². The van der Waals surface area contributed by atoms with Gasteiger partial charge in [0.05, 0.1) is 0 Å². The van der Waals surface area contributed by atoms with Gasteiger partial charge in [-0.05, 0) is 24.9 Å². The topological polar surface area (TPSA) is 24.1 Å². The Hall–Kier alpha value is -0.380. The van der Waals surface area contributed by atoms with Gasteiger partial charge < -0.3 is 10.6 Å². The molecule has 0 radical (unpaired) electrons. The number of nitrogens with one attached hydrogen (secondary N) is 2. The van der Waals surface area contributed by atoms with E-state index < -0.39 is 0 Å². The fraction of sp³-hybridized carbons (Fsp3) is 0.500. The van der Waals surface area contributed by atoms with Gasteiger partial charge in [0.25, 0.3) is 0 Å². The summed E-state index contributed by atoms with van der Waals surface area (Å²) in [6, 6.07) is 4.27. The van der Waals surface area contributed by atoms with E-state index in [1.54, 1.807) is 0 Å². The summed E-state index contributed by atoms with van der Waals surface area (Å²) in [5.41, 5.74) is 0. The van der Waals surface area contributed by atoms with Crippen molar-refractivity contribution in [3.05, 3.63) is 22.4 Å². The van der Waals surface area contributed by atoms with Crippen molar-refractivity contribution in [2.24, 2.45) is 0 Å². The molecule has 1 rings (SSSR count). The lowest BCUT2D eigenvalue weighted by Gasteiger charge is -2.00. The molecule has 0 aliphatic heterocycles. The van der Waals surface area contributed by atoms with E-state index in [0.717, 1.165) is 19.6 Å². The second kappa shape index (κ2) is 5.29. The van der Waals surface area contributed by atoms with Crippen molar-refractivity contribution in [3.63, 3.8) is 0 Å². The molecule has 0 atom stereocenters. The SMILES string of the molecule is CNCNCCc1cccs1. The molecule has 0 spiro atoms. The van der Waals surface area contributed by atoms with Crippen molar-refractivity contribution in [3.8, 4) is 0 Å². The Labute approximate surface area is 71.6 Å². The van der Waals surface area contributed by atoms with Crippen LogP contribution < -0.4 is 10.6 Å². The van der Waals surface area contributed by atoms with Crippen LogP contribution in [0.25, 0.3) is 0 Å². The van der Waals surface area contributed by atoms with E-state index in [1.807, 2.05) is 18.4 Å². The molecule has 0 saturated carbocycles. The van der Waals surface area contributed by atoms with Crippen molar-refractivity contribution in [2.75, 3.05) is 20.3 Å². The van der Waals surface area contributed by atoms with E-state index in [2.05, 4.69) is 28.1 Å². The Kier molecular flexibility index (Phi) is 4.19. The molecule has 2 nitrogen and oxygen atoms in total. The van der Waals surface area contributed by atoms with Gasteiger partial charge in [0.15, 0.2) is 0 Å². The van der Waals surface area contributed by atoms with E-state index in [1.165, 1.54) is 4.88 Å². The normalized spacial score (nSPS) is 10.3. The minimum atomic E-state index is 0.894. The number of thiophene rings is 1. The van der Waals surface area contributed by atoms with Crippen molar-refractivity contribution < 1.29 is 0 Å². The molecule has 0 aliphatic rings. The van der Waals surface area contributed by atoms with Gasteiger partial charge in [0, 0.05) is 18.1 Å². The lowest BCUT2D eigenvalue weighted by molar-refractivity contribution is 0.633. The van der Waals surface area contributed by atoms with Gasteiger partial charge in [0.2, 0.25) is 0 Å². The van der Waals surface area contributed by atoms with Crippen molar-refractivity contribution in [2.45, 2.75) is 6.42 Å². The standard InChI is InChI=1S/C8H14N2S/c1-9-7-10-5-4-8-3-2-6-11-8/h2-3,6,9-10H,4-5,7H2,1H3. The number of hydrogen-bond acceptors (Lipinski definition) is 3. The van der Waals surface area contributed by atoms with Crippen LogP contribution in [0.5, 0.6) is 0 Å². The quantitative estimate of drug-likeness (QED) is 0.510. The second-order valence-corrected chi connectivity index (χ2v) is 3.39. The lowest BCUT2D eigenvalue weighted by Crippen LogP contribution is -2.27. The molecule has 0 fully saturated rings. The molecule has 11 heavy (non-hydrogen) atoms. The van der Waals surface area contributed by atoms with Crippen LogP contribution in [0.15, 0.2) is 17.5 Å². The molecule has 1 aromatic heterocycles. The highest BCUT2D eigenvalue weighted by Gasteiger charge is 1.91. The molecule has 1 aromatic rings. The van der Waals surface area contributed by atoms with Crippen LogP contribution in [0.2, 0.25) is 0 Å². The molecule has 0 amide bonds. The van der Waals surface area contributed by atoms with Gasteiger partial charge in [-0.15, -0.1) is 11.3 Å². The molecule has 62 valence electrons. The van der Waals surface area contributed by atoms with Crippen molar-refractivity contribution in [1.82, 2.24) is 10.6 Å². The monoisotopic (exact) mass is 170 g/mol. The summed E-state index contributed by atoms with van der Waals surface area (Å²) in [5, 5.41) is 8.43. The van der Waals surface area contributed by atoms with E-state index in [-0.39, 0.29) is 0 Å². The summed E-state index contributed by atoms with van der Waals surface area (Å²) >= 11 is 1.82. The van der Waals surface area contributed by atoms with Crippen LogP contribution >= 0.6 is 11.3 Å². The maximum absolute atomic E-state index is 3.27. The molecule has 2 N–H and O–H groups in total. The first-order chi connectivity index (χ1) is 5.43. The summed E-state index contributed by atoms with van der Waals surface area (Å²) < 4.78 is 0. The molecule has 3 heteroatoms. The molecule has 0 saturated heterocycles. The third-order valence-corrected chi connectivity index (χ3v) is 2.37. The molecule has 0 aromatic carbocycles. The predicted octanol–water partition coefficient (Wildman–Crippen LogP) is 1.06. The first-order valence-electron chi connectivity index (χ1n) is 3.81. The van der Waals surface area contributed by atoms with Gasteiger partial charge in [0.1, 0.15) is 0 Å². The lowest BCUT2D eigenvalue weighted by atomic mass is 10.3. The average Bonchev–Trinajstić information content (AvgIpc) is 2.50. The third kappa shape index (κ3) is 3.51. The van der Waals surface area contributed by atoms with Gasteiger partial charge >= 0.3 is 0 Å². The first kappa shape index (κ1) is 8.71. The van der Waals surface area contributed by atoms with E-state index in [0.29, 0.717) is 0 Å². The fourth-order valence-corrected chi connectivity index (χ4v) is 1.59. The van der Waals surface area contributed by atoms with E-state index >= 15 is 0 Å². The van der Waals surface area contributed by atoms with Crippen LogP contribution in [-0.2, 0) is 6.42 Å². The van der Waals surface area contributed by atoms with Crippen LogP contribution in [0.3, 0.4) is 0 Å². The van der Waals surface area contributed by atoms with Gasteiger partial charge in [-0.1, -0.05) is 6.07 Å². The Morgan fingerprint density at radius 2 is 2.45 bits per heavy atom. The molecular weight excluding hydrogens is 156 g/mol. The molecule has 0 unspecified atom stereocenters. The predicted molar refractivity (Wildman–Crippen MR) is 50.0 cm³/mol. The maximum Gasteiger partial charge on any atom is 0.0451 e. The summed E-state index contributed by atoms with van der Waals surface area (Å²) in [4.78, 5) is 1.45. The highest BCUT2D eigenvalue weighted by Crippen LogP contribution is 2.07. The highest BCUT2D eigenvalue weighted by molar-refractivity contribution is 7.09. The first-order valence-corrected chi connectivity index (χ1v) is 4.69.